The Hall–Kier alpha value is -2.00. The molecule has 0 radical (unpaired) electrons. The molecule has 2 aromatic rings. The molecular formula is C19H25NO2. The van der Waals surface area contributed by atoms with Crippen molar-refractivity contribution in [3.05, 3.63) is 58.7 Å². The highest BCUT2D eigenvalue weighted by molar-refractivity contribution is 5.39. The molecule has 0 heterocycles. The van der Waals surface area contributed by atoms with Gasteiger partial charge in [0.2, 0.25) is 0 Å². The molecule has 0 amide bonds. The Morgan fingerprint density at radius 1 is 1.05 bits per heavy atom. The van der Waals surface area contributed by atoms with E-state index in [-0.39, 0.29) is 6.04 Å². The zero-order valence-electron chi connectivity index (χ0n) is 13.8. The third-order valence-corrected chi connectivity index (χ3v) is 3.85. The van der Waals surface area contributed by atoms with E-state index in [2.05, 4.69) is 38.2 Å². The van der Waals surface area contributed by atoms with Crippen molar-refractivity contribution in [2.24, 2.45) is 0 Å². The maximum atomic E-state index is 9.44. The van der Waals surface area contributed by atoms with Crippen molar-refractivity contribution in [3.8, 4) is 11.5 Å². The number of rotatable bonds is 6. The average Bonchev–Trinajstić information content (AvgIpc) is 2.46. The molecule has 0 aliphatic heterocycles. The summed E-state index contributed by atoms with van der Waals surface area (Å²) in [5.41, 5.74) is 4.62. The molecule has 0 aliphatic carbocycles. The van der Waals surface area contributed by atoms with Crippen molar-refractivity contribution in [1.82, 2.24) is 5.32 Å². The third-order valence-electron chi connectivity index (χ3n) is 3.85. The highest BCUT2D eigenvalue weighted by atomic mass is 16.5. The van der Waals surface area contributed by atoms with Gasteiger partial charge >= 0.3 is 0 Å². The van der Waals surface area contributed by atoms with Crippen molar-refractivity contribution < 1.29 is 9.84 Å². The summed E-state index contributed by atoms with van der Waals surface area (Å²) in [6.45, 7) is 9.66. The lowest BCUT2D eigenvalue weighted by molar-refractivity contribution is 0.269. The van der Waals surface area contributed by atoms with Gasteiger partial charge in [0.1, 0.15) is 18.1 Å². The van der Waals surface area contributed by atoms with Crippen LogP contribution in [0.2, 0.25) is 0 Å². The Bertz CT molecular complexity index is 617. The van der Waals surface area contributed by atoms with Crippen LogP contribution in [-0.2, 0) is 6.54 Å². The van der Waals surface area contributed by atoms with Crippen LogP contribution in [0, 0.1) is 20.8 Å². The van der Waals surface area contributed by atoms with Crippen molar-refractivity contribution in [2.75, 3.05) is 6.61 Å². The fourth-order valence-electron chi connectivity index (χ4n) is 2.46. The lowest BCUT2D eigenvalue weighted by atomic mass is 10.1. The number of hydrogen-bond acceptors (Lipinski definition) is 3. The van der Waals surface area contributed by atoms with E-state index in [1.807, 2.05) is 19.1 Å². The van der Waals surface area contributed by atoms with Crippen molar-refractivity contribution in [1.29, 1.82) is 0 Å². The fourth-order valence-corrected chi connectivity index (χ4v) is 2.46. The van der Waals surface area contributed by atoms with Gasteiger partial charge in [-0.3, -0.25) is 0 Å². The molecule has 0 spiro atoms. The lowest BCUT2D eigenvalue weighted by Gasteiger charge is -2.18. The highest BCUT2D eigenvalue weighted by Crippen LogP contribution is 2.22. The zero-order valence-corrected chi connectivity index (χ0v) is 13.8. The molecule has 2 N–H and O–H groups in total. The second-order valence-corrected chi connectivity index (χ2v) is 5.92. The monoisotopic (exact) mass is 299 g/mol. The summed E-state index contributed by atoms with van der Waals surface area (Å²) in [7, 11) is 0. The van der Waals surface area contributed by atoms with E-state index >= 15 is 0 Å². The van der Waals surface area contributed by atoms with Crippen molar-refractivity contribution >= 4 is 0 Å². The molecule has 118 valence electrons. The highest BCUT2D eigenvalue weighted by Gasteiger charge is 2.08. The average molecular weight is 299 g/mol. The number of benzene rings is 2. The number of aryl methyl sites for hydroxylation is 3. The minimum absolute atomic E-state index is 0.243. The van der Waals surface area contributed by atoms with E-state index in [1.165, 1.54) is 16.7 Å². The Morgan fingerprint density at radius 3 is 2.36 bits per heavy atom. The van der Waals surface area contributed by atoms with Gasteiger partial charge in [0.05, 0.1) is 0 Å². The van der Waals surface area contributed by atoms with Crippen LogP contribution in [0.15, 0.2) is 36.4 Å². The van der Waals surface area contributed by atoms with E-state index in [1.54, 1.807) is 12.1 Å². The van der Waals surface area contributed by atoms with E-state index in [0.29, 0.717) is 12.4 Å². The zero-order chi connectivity index (χ0) is 16.1. The SMILES string of the molecule is Cc1cc(O)ccc1CNC(C)COc1c(C)cccc1C. The normalized spacial score (nSPS) is 12.2. The molecule has 0 fully saturated rings. The van der Waals surface area contributed by atoms with Gasteiger partial charge in [0.25, 0.3) is 0 Å². The van der Waals surface area contributed by atoms with Gasteiger partial charge in [-0.1, -0.05) is 24.3 Å². The van der Waals surface area contributed by atoms with Crippen LogP contribution in [-0.4, -0.2) is 17.8 Å². The maximum Gasteiger partial charge on any atom is 0.125 e. The smallest absolute Gasteiger partial charge is 0.125 e. The quantitative estimate of drug-likeness (QED) is 0.850. The van der Waals surface area contributed by atoms with Gasteiger partial charge in [-0.05, 0) is 62.1 Å². The number of ether oxygens (including phenoxy) is 1. The van der Waals surface area contributed by atoms with Gasteiger partial charge in [-0.2, -0.15) is 0 Å². The molecular weight excluding hydrogens is 274 g/mol. The van der Waals surface area contributed by atoms with E-state index in [0.717, 1.165) is 17.9 Å². The first kappa shape index (κ1) is 16.4. The topological polar surface area (TPSA) is 41.5 Å². The molecule has 3 heteroatoms. The van der Waals surface area contributed by atoms with Crippen molar-refractivity contribution in [2.45, 2.75) is 40.3 Å². The summed E-state index contributed by atoms with van der Waals surface area (Å²) in [5, 5.41) is 12.9. The largest absolute Gasteiger partial charge is 0.508 e. The molecule has 1 unspecified atom stereocenters. The Balaban J connectivity index is 1.87. The standard InChI is InChI=1S/C19H25NO2/c1-13-6-5-7-14(2)19(13)22-12-16(4)20-11-17-8-9-18(21)10-15(17)3/h5-10,16,20-21H,11-12H2,1-4H3. The number of phenols is 1. The Kier molecular flexibility index (Phi) is 5.45. The summed E-state index contributed by atoms with van der Waals surface area (Å²) in [6.07, 6.45) is 0. The second-order valence-electron chi connectivity index (χ2n) is 5.92. The van der Waals surface area contributed by atoms with Crippen molar-refractivity contribution in [3.63, 3.8) is 0 Å². The van der Waals surface area contributed by atoms with Crippen LogP contribution < -0.4 is 10.1 Å². The molecule has 1 atom stereocenters. The fraction of sp³-hybridized carbons (Fsp3) is 0.368. The number of para-hydroxylation sites is 1. The predicted octanol–water partition coefficient (Wildman–Crippen LogP) is 3.87. The number of hydrogen-bond donors (Lipinski definition) is 2. The molecule has 2 rings (SSSR count). The van der Waals surface area contributed by atoms with Crippen LogP contribution in [0.1, 0.15) is 29.2 Å². The summed E-state index contributed by atoms with van der Waals surface area (Å²) in [5.74, 6) is 1.30. The first-order valence-corrected chi connectivity index (χ1v) is 7.68. The van der Waals surface area contributed by atoms with E-state index in [9.17, 15) is 5.11 Å². The van der Waals surface area contributed by atoms with E-state index in [4.69, 9.17) is 4.74 Å². The minimum Gasteiger partial charge on any atom is -0.508 e. The van der Waals surface area contributed by atoms with E-state index < -0.39 is 0 Å². The molecule has 2 aromatic carbocycles. The van der Waals surface area contributed by atoms with Crippen LogP contribution >= 0.6 is 0 Å². The molecule has 0 bridgehead atoms. The second kappa shape index (κ2) is 7.32. The van der Waals surface area contributed by atoms with Gasteiger partial charge < -0.3 is 15.2 Å². The number of nitrogens with one attached hydrogen (secondary N) is 1. The summed E-state index contributed by atoms with van der Waals surface area (Å²) in [6, 6.07) is 11.9. The molecule has 22 heavy (non-hydrogen) atoms. The maximum absolute atomic E-state index is 9.44. The van der Waals surface area contributed by atoms with Crippen LogP contribution in [0.3, 0.4) is 0 Å². The molecule has 0 aliphatic rings. The Labute approximate surface area is 133 Å². The molecule has 0 saturated heterocycles. The summed E-state index contributed by atoms with van der Waals surface area (Å²) < 4.78 is 5.96. The van der Waals surface area contributed by atoms with Gasteiger partial charge in [0, 0.05) is 12.6 Å². The van der Waals surface area contributed by atoms with Gasteiger partial charge in [-0.15, -0.1) is 0 Å². The molecule has 0 saturated carbocycles. The molecule has 0 aromatic heterocycles. The summed E-state index contributed by atoms with van der Waals surface area (Å²) in [4.78, 5) is 0. The lowest BCUT2D eigenvalue weighted by Crippen LogP contribution is -2.31. The van der Waals surface area contributed by atoms with Crippen LogP contribution in [0.25, 0.3) is 0 Å². The predicted molar refractivity (Wildman–Crippen MR) is 90.6 cm³/mol. The van der Waals surface area contributed by atoms with Gasteiger partial charge in [0.15, 0.2) is 0 Å². The van der Waals surface area contributed by atoms with Gasteiger partial charge in [-0.25, -0.2) is 0 Å². The minimum atomic E-state index is 0.243. The number of phenolic OH excluding ortho intramolecular Hbond substituents is 1. The Morgan fingerprint density at radius 2 is 1.73 bits per heavy atom. The number of aromatic hydroxyl groups is 1. The first-order chi connectivity index (χ1) is 10.5. The third kappa shape index (κ3) is 4.25. The summed E-state index contributed by atoms with van der Waals surface area (Å²) >= 11 is 0. The first-order valence-electron chi connectivity index (χ1n) is 7.68. The van der Waals surface area contributed by atoms with Crippen LogP contribution in [0.4, 0.5) is 0 Å². The molecule has 3 nitrogen and oxygen atoms in total. The van der Waals surface area contributed by atoms with Crippen LogP contribution in [0.5, 0.6) is 11.5 Å².